The first-order valence-electron chi connectivity index (χ1n) is 9.97. The van der Waals surface area contributed by atoms with Gasteiger partial charge in [0.05, 0.1) is 5.56 Å². The molecule has 3 rings (SSSR count). The largest absolute Gasteiger partial charge is 0.416 e. The van der Waals surface area contributed by atoms with Gasteiger partial charge in [-0.1, -0.05) is 49.1 Å². The van der Waals surface area contributed by atoms with Crippen LogP contribution in [0.1, 0.15) is 38.2 Å². The van der Waals surface area contributed by atoms with Gasteiger partial charge in [0.15, 0.2) is 5.78 Å². The third kappa shape index (κ3) is 6.33. The van der Waals surface area contributed by atoms with Crippen molar-refractivity contribution in [3.05, 3.63) is 76.9 Å². The first-order chi connectivity index (χ1) is 14.3. The molecule has 0 spiro atoms. The highest BCUT2D eigenvalue weighted by atomic mass is 32.2. The van der Waals surface area contributed by atoms with Crippen LogP contribution >= 0.6 is 11.8 Å². The predicted molar refractivity (Wildman–Crippen MR) is 116 cm³/mol. The van der Waals surface area contributed by atoms with E-state index in [2.05, 4.69) is 11.9 Å². The molecule has 0 amide bonds. The molecular formula is C24H24F3NOS. The standard InChI is InChI=1S/C24H24F3NOS/c1-17(19-6-4-14-28-16-19)15-23(29)18-5-2-3-7-21(11-8-18)30-22-12-9-20(10-13-22)24(25,26)27/h2,4-5,8-14,16-17,19H,3,6-7,15H2,1H3. The van der Waals surface area contributed by atoms with Crippen LogP contribution in [0.5, 0.6) is 0 Å². The average Bonchev–Trinajstić information content (AvgIpc) is 2.70. The second-order valence-electron chi connectivity index (χ2n) is 7.51. The Morgan fingerprint density at radius 3 is 2.63 bits per heavy atom. The summed E-state index contributed by atoms with van der Waals surface area (Å²) in [4.78, 5) is 18.7. The van der Waals surface area contributed by atoms with E-state index in [1.54, 1.807) is 6.20 Å². The highest BCUT2D eigenvalue weighted by Crippen LogP contribution is 2.34. The summed E-state index contributed by atoms with van der Waals surface area (Å²) in [7, 11) is 0. The van der Waals surface area contributed by atoms with Gasteiger partial charge in [-0.15, -0.1) is 0 Å². The molecule has 158 valence electrons. The summed E-state index contributed by atoms with van der Waals surface area (Å²) in [6.45, 7) is 2.07. The minimum absolute atomic E-state index is 0.0960. The van der Waals surface area contributed by atoms with E-state index in [1.807, 2.05) is 36.6 Å². The minimum atomic E-state index is -4.33. The lowest BCUT2D eigenvalue weighted by molar-refractivity contribution is -0.137. The number of thioether (sulfide) groups is 1. The molecule has 30 heavy (non-hydrogen) atoms. The van der Waals surface area contributed by atoms with Gasteiger partial charge in [0, 0.05) is 35.2 Å². The molecule has 2 atom stereocenters. The molecule has 0 saturated carbocycles. The molecule has 2 unspecified atom stereocenters. The number of nitrogens with zero attached hydrogens (tertiary/aromatic N) is 1. The van der Waals surface area contributed by atoms with Crippen molar-refractivity contribution >= 4 is 23.8 Å². The fourth-order valence-electron chi connectivity index (χ4n) is 3.33. The highest BCUT2D eigenvalue weighted by Gasteiger charge is 2.30. The van der Waals surface area contributed by atoms with Crippen LogP contribution in [0.4, 0.5) is 13.2 Å². The molecule has 1 aromatic carbocycles. The van der Waals surface area contributed by atoms with Crippen molar-refractivity contribution in [2.45, 2.75) is 43.7 Å². The normalized spacial score (nSPS) is 20.2. The lowest BCUT2D eigenvalue weighted by Crippen LogP contribution is -2.18. The Kier molecular flexibility index (Phi) is 7.53. The molecular weight excluding hydrogens is 407 g/mol. The molecule has 0 bridgehead atoms. The topological polar surface area (TPSA) is 29.4 Å². The molecule has 0 aromatic heterocycles. The molecule has 0 N–H and O–H groups in total. The van der Waals surface area contributed by atoms with Crippen LogP contribution in [-0.4, -0.2) is 12.0 Å². The van der Waals surface area contributed by atoms with Gasteiger partial charge >= 0.3 is 6.18 Å². The zero-order valence-corrected chi connectivity index (χ0v) is 17.5. The lowest BCUT2D eigenvalue weighted by Gasteiger charge is -2.20. The number of carbonyl (C=O) groups excluding carboxylic acids is 1. The average molecular weight is 432 g/mol. The third-order valence-corrected chi connectivity index (χ3v) is 6.28. The van der Waals surface area contributed by atoms with Gasteiger partial charge in [-0.3, -0.25) is 9.79 Å². The maximum atomic E-state index is 12.8. The van der Waals surface area contributed by atoms with Crippen molar-refractivity contribution in [2.24, 2.45) is 16.8 Å². The first kappa shape index (κ1) is 22.3. The second-order valence-corrected chi connectivity index (χ2v) is 8.71. The van der Waals surface area contributed by atoms with Gasteiger partial charge < -0.3 is 0 Å². The molecule has 1 aliphatic heterocycles. The SMILES string of the molecule is CC(CC(=O)C1=CC=C(Sc2ccc(C(F)(F)F)cc2)CCC=C1)C1C=NC=CC1. The number of hydrogen-bond donors (Lipinski definition) is 0. The summed E-state index contributed by atoms with van der Waals surface area (Å²) >= 11 is 1.44. The molecule has 1 aliphatic carbocycles. The minimum Gasteiger partial charge on any atom is -0.294 e. The van der Waals surface area contributed by atoms with Crippen LogP contribution in [0.3, 0.4) is 0 Å². The molecule has 1 heterocycles. The van der Waals surface area contributed by atoms with Crippen molar-refractivity contribution < 1.29 is 18.0 Å². The van der Waals surface area contributed by atoms with Crippen LogP contribution in [0, 0.1) is 11.8 Å². The van der Waals surface area contributed by atoms with Crippen LogP contribution in [0.25, 0.3) is 0 Å². The van der Waals surface area contributed by atoms with Crippen LogP contribution in [0.2, 0.25) is 0 Å². The van der Waals surface area contributed by atoms with Gasteiger partial charge in [0.2, 0.25) is 0 Å². The summed E-state index contributed by atoms with van der Waals surface area (Å²) in [5.74, 6) is 0.577. The predicted octanol–water partition coefficient (Wildman–Crippen LogP) is 7.16. The van der Waals surface area contributed by atoms with Crippen LogP contribution in [-0.2, 0) is 11.0 Å². The quantitative estimate of drug-likeness (QED) is 0.478. The zero-order chi connectivity index (χ0) is 21.6. The summed E-state index contributed by atoms with van der Waals surface area (Å²) < 4.78 is 38.2. The van der Waals surface area contributed by atoms with Crippen molar-refractivity contribution in [1.29, 1.82) is 0 Å². The molecule has 6 heteroatoms. The molecule has 1 aromatic rings. The summed E-state index contributed by atoms with van der Waals surface area (Å²) in [6, 6.07) is 5.17. The molecule has 2 nitrogen and oxygen atoms in total. The number of aliphatic imine (C=N–C) groups is 1. The van der Waals surface area contributed by atoms with E-state index < -0.39 is 11.7 Å². The monoisotopic (exact) mass is 431 g/mol. The molecule has 0 saturated heterocycles. The fraction of sp³-hybridized carbons (Fsp3) is 0.333. The summed E-state index contributed by atoms with van der Waals surface area (Å²) in [5, 5.41) is 0. The molecule has 0 fully saturated rings. The van der Waals surface area contributed by atoms with Gasteiger partial charge in [-0.2, -0.15) is 13.2 Å². The number of ketones is 1. The first-order valence-corrected chi connectivity index (χ1v) is 10.8. The number of carbonyl (C=O) groups is 1. The number of benzene rings is 1. The van der Waals surface area contributed by atoms with Gasteiger partial charge in [0.25, 0.3) is 0 Å². The third-order valence-electron chi connectivity index (χ3n) is 5.17. The van der Waals surface area contributed by atoms with E-state index in [4.69, 9.17) is 0 Å². The van der Waals surface area contributed by atoms with E-state index in [1.165, 1.54) is 23.9 Å². The van der Waals surface area contributed by atoms with E-state index in [9.17, 15) is 18.0 Å². The zero-order valence-electron chi connectivity index (χ0n) is 16.7. The van der Waals surface area contributed by atoms with Crippen molar-refractivity contribution in [2.75, 3.05) is 0 Å². The maximum absolute atomic E-state index is 12.8. The van der Waals surface area contributed by atoms with E-state index in [0.29, 0.717) is 12.0 Å². The van der Waals surface area contributed by atoms with Crippen LogP contribution in [0.15, 0.2) is 81.2 Å². The number of alkyl halides is 3. The van der Waals surface area contributed by atoms with E-state index in [-0.39, 0.29) is 17.6 Å². The Morgan fingerprint density at radius 1 is 1.20 bits per heavy atom. The Morgan fingerprint density at radius 2 is 1.97 bits per heavy atom. The Labute approximate surface area is 179 Å². The maximum Gasteiger partial charge on any atom is 0.416 e. The van der Waals surface area contributed by atoms with E-state index >= 15 is 0 Å². The van der Waals surface area contributed by atoms with Crippen molar-refractivity contribution in [1.82, 2.24) is 0 Å². The number of allylic oxidation sites excluding steroid dienone is 7. The van der Waals surface area contributed by atoms with E-state index in [0.717, 1.165) is 41.2 Å². The number of halogens is 3. The molecule has 2 aliphatic rings. The Bertz CT molecular complexity index is 907. The number of Topliss-reactive ketones (excluding diaryl/α,β-unsaturated/α-hetero) is 1. The highest BCUT2D eigenvalue weighted by molar-refractivity contribution is 8.03. The smallest absolute Gasteiger partial charge is 0.294 e. The van der Waals surface area contributed by atoms with Crippen molar-refractivity contribution in [3.8, 4) is 0 Å². The van der Waals surface area contributed by atoms with Gasteiger partial charge in [0.1, 0.15) is 0 Å². The Balaban J connectivity index is 1.66. The fourth-order valence-corrected chi connectivity index (χ4v) is 4.26. The van der Waals surface area contributed by atoms with Crippen molar-refractivity contribution in [3.63, 3.8) is 0 Å². The van der Waals surface area contributed by atoms with Crippen LogP contribution < -0.4 is 0 Å². The number of rotatable bonds is 6. The van der Waals surface area contributed by atoms with Gasteiger partial charge in [-0.25, -0.2) is 0 Å². The summed E-state index contributed by atoms with van der Waals surface area (Å²) in [5.41, 5.74) is 0.0113. The lowest BCUT2D eigenvalue weighted by atomic mass is 9.85. The molecule has 0 radical (unpaired) electrons. The summed E-state index contributed by atoms with van der Waals surface area (Å²) in [6.07, 6.45) is 11.9. The number of hydrogen-bond acceptors (Lipinski definition) is 3. The Hall–Kier alpha value is -2.34. The van der Waals surface area contributed by atoms with Gasteiger partial charge in [-0.05, 0) is 54.4 Å². The second kappa shape index (κ2) is 10.1.